The summed E-state index contributed by atoms with van der Waals surface area (Å²) in [4.78, 5) is 26.5. The maximum atomic E-state index is 13.5. The summed E-state index contributed by atoms with van der Waals surface area (Å²) in [6.07, 6.45) is 0.867. The molecule has 0 spiro atoms. The number of rotatable bonds is 4. The predicted octanol–water partition coefficient (Wildman–Crippen LogP) is 5.65. The number of dihydropyridines is 1. The average Bonchev–Trinajstić information content (AvgIpc) is 2.72. The van der Waals surface area contributed by atoms with Gasteiger partial charge in [0, 0.05) is 34.3 Å². The van der Waals surface area contributed by atoms with Crippen LogP contribution in [0.3, 0.4) is 0 Å². The Morgan fingerprint density at radius 2 is 1.77 bits per heavy atom. The highest BCUT2D eigenvalue weighted by atomic mass is 35.5. The average molecular weight is 436 g/mol. The number of carbonyl (C=O) groups excluding carboxylic acids is 2. The van der Waals surface area contributed by atoms with Crippen molar-refractivity contribution in [3.8, 4) is 0 Å². The van der Waals surface area contributed by atoms with Crippen LogP contribution in [0.2, 0.25) is 5.02 Å². The molecule has 0 fully saturated rings. The van der Waals surface area contributed by atoms with Crippen LogP contribution in [0.4, 0.5) is 0 Å². The molecule has 160 valence electrons. The van der Waals surface area contributed by atoms with Crippen LogP contribution in [0, 0.1) is 0 Å². The highest BCUT2D eigenvalue weighted by Crippen LogP contribution is 2.46. The summed E-state index contributed by atoms with van der Waals surface area (Å²) in [7, 11) is 0. The Hall–Kier alpha value is -2.85. The van der Waals surface area contributed by atoms with E-state index in [1.54, 1.807) is 6.07 Å². The summed E-state index contributed by atoms with van der Waals surface area (Å²) in [5.74, 6) is -0.744. The number of Topliss-reactive ketones (excluding diaryl/α,β-unsaturated/α-hetero) is 1. The number of hydrogen-bond acceptors (Lipinski definition) is 4. The normalized spacial score (nSPS) is 21.1. The third kappa shape index (κ3) is 4.31. The molecule has 1 N–H and O–H groups in total. The number of ether oxygens (including phenoxy) is 1. The van der Waals surface area contributed by atoms with E-state index < -0.39 is 11.9 Å². The molecule has 0 radical (unpaired) electrons. The molecule has 0 saturated carbocycles. The Bertz CT molecular complexity index is 1080. The third-order valence-corrected chi connectivity index (χ3v) is 6.08. The van der Waals surface area contributed by atoms with Crippen molar-refractivity contribution in [2.45, 2.75) is 51.6 Å². The molecule has 4 rings (SSSR count). The first-order valence-electron chi connectivity index (χ1n) is 10.6. The van der Waals surface area contributed by atoms with Gasteiger partial charge < -0.3 is 10.1 Å². The molecule has 2 atom stereocenters. The van der Waals surface area contributed by atoms with Gasteiger partial charge in [-0.2, -0.15) is 0 Å². The fourth-order valence-corrected chi connectivity index (χ4v) is 4.77. The first-order valence-corrected chi connectivity index (χ1v) is 11.0. The molecule has 2 aromatic carbocycles. The van der Waals surface area contributed by atoms with Crippen LogP contribution >= 0.6 is 11.6 Å². The lowest BCUT2D eigenvalue weighted by atomic mass is 9.72. The Labute approximate surface area is 187 Å². The van der Waals surface area contributed by atoms with Crippen molar-refractivity contribution in [1.82, 2.24) is 5.32 Å². The number of allylic oxidation sites excluding steroid dienone is 3. The van der Waals surface area contributed by atoms with E-state index in [1.165, 1.54) is 0 Å². The third-order valence-electron chi connectivity index (χ3n) is 5.84. The molecule has 0 amide bonds. The van der Waals surface area contributed by atoms with Crippen molar-refractivity contribution in [3.05, 3.63) is 93.3 Å². The molecule has 2 aliphatic rings. The second kappa shape index (κ2) is 8.72. The fraction of sp³-hybridized carbons (Fsp3) is 0.308. The number of carbonyl (C=O) groups is 2. The molecular weight excluding hydrogens is 410 g/mol. The smallest absolute Gasteiger partial charge is 0.337 e. The van der Waals surface area contributed by atoms with E-state index in [-0.39, 0.29) is 17.8 Å². The van der Waals surface area contributed by atoms with E-state index in [2.05, 4.69) is 17.4 Å². The second-order valence-corrected chi connectivity index (χ2v) is 8.87. The van der Waals surface area contributed by atoms with Gasteiger partial charge in [-0.15, -0.1) is 0 Å². The molecule has 0 aromatic heterocycles. The van der Waals surface area contributed by atoms with Gasteiger partial charge in [0.1, 0.15) is 0 Å². The number of benzene rings is 2. The van der Waals surface area contributed by atoms with Gasteiger partial charge in [0.2, 0.25) is 0 Å². The van der Waals surface area contributed by atoms with Crippen molar-refractivity contribution >= 4 is 23.4 Å². The molecule has 4 nitrogen and oxygen atoms in total. The largest absolute Gasteiger partial charge is 0.460 e. The van der Waals surface area contributed by atoms with E-state index in [1.807, 2.05) is 57.2 Å². The topological polar surface area (TPSA) is 55.4 Å². The zero-order valence-electron chi connectivity index (χ0n) is 17.9. The summed E-state index contributed by atoms with van der Waals surface area (Å²) in [6.45, 7) is 5.51. The summed E-state index contributed by atoms with van der Waals surface area (Å²) >= 11 is 6.28. The first-order chi connectivity index (χ1) is 14.8. The summed E-state index contributed by atoms with van der Waals surface area (Å²) in [5, 5.41) is 3.94. The predicted molar refractivity (Wildman–Crippen MR) is 122 cm³/mol. The molecular formula is C26H26ClNO3. The number of halogens is 1. The maximum Gasteiger partial charge on any atom is 0.337 e. The standard InChI is InChI=1S/C26H26ClNO3/c1-15(2)31-26(30)23-16(3)28-21-13-19(17-8-5-4-6-9-17)14-22(29)25(21)24(23)18-10-7-11-20(27)12-18/h4-12,15,19,24,28H,13-14H2,1-3H3/t19-,24-/m0/s1. The van der Waals surface area contributed by atoms with Gasteiger partial charge in [0.15, 0.2) is 5.78 Å². The molecule has 2 aromatic rings. The van der Waals surface area contributed by atoms with Crippen molar-refractivity contribution in [2.75, 3.05) is 0 Å². The van der Waals surface area contributed by atoms with Gasteiger partial charge in [-0.05, 0) is 56.4 Å². The van der Waals surface area contributed by atoms with Crippen molar-refractivity contribution in [1.29, 1.82) is 0 Å². The lowest BCUT2D eigenvalue weighted by Crippen LogP contribution is -2.36. The van der Waals surface area contributed by atoms with Crippen molar-refractivity contribution in [3.63, 3.8) is 0 Å². The molecule has 31 heavy (non-hydrogen) atoms. The van der Waals surface area contributed by atoms with Crippen LogP contribution < -0.4 is 5.32 Å². The first kappa shape index (κ1) is 21.4. The zero-order valence-corrected chi connectivity index (χ0v) is 18.7. The monoisotopic (exact) mass is 435 g/mol. The number of esters is 1. The summed E-state index contributed by atoms with van der Waals surface area (Å²) in [5.41, 5.74) is 4.69. The molecule has 1 heterocycles. The van der Waals surface area contributed by atoms with Gasteiger partial charge in [-0.1, -0.05) is 54.1 Å². The fourth-order valence-electron chi connectivity index (χ4n) is 4.57. The highest BCUT2D eigenvalue weighted by Gasteiger charge is 2.41. The summed E-state index contributed by atoms with van der Waals surface area (Å²) in [6, 6.07) is 17.5. The minimum atomic E-state index is -0.495. The van der Waals surface area contributed by atoms with Crippen molar-refractivity contribution < 1.29 is 14.3 Å². The molecule has 0 saturated heterocycles. The lowest BCUT2D eigenvalue weighted by molar-refractivity contribution is -0.143. The molecule has 0 bridgehead atoms. The van der Waals surface area contributed by atoms with Crippen LogP contribution in [-0.2, 0) is 14.3 Å². The van der Waals surface area contributed by atoms with Crippen molar-refractivity contribution in [2.24, 2.45) is 0 Å². The van der Waals surface area contributed by atoms with Crippen LogP contribution in [0.15, 0.2) is 77.1 Å². The summed E-state index contributed by atoms with van der Waals surface area (Å²) < 4.78 is 5.54. The minimum Gasteiger partial charge on any atom is -0.460 e. The Morgan fingerprint density at radius 1 is 1.06 bits per heavy atom. The quantitative estimate of drug-likeness (QED) is 0.630. The van der Waals surface area contributed by atoms with Gasteiger partial charge in [-0.3, -0.25) is 4.79 Å². The van der Waals surface area contributed by atoms with Crippen LogP contribution in [0.1, 0.15) is 56.6 Å². The van der Waals surface area contributed by atoms with Crippen LogP contribution in [0.5, 0.6) is 0 Å². The zero-order chi connectivity index (χ0) is 22.1. The number of nitrogens with one attached hydrogen (secondary N) is 1. The van der Waals surface area contributed by atoms with Gasteiger partial charge >= 0.3 is 5.97 Å². The molecule has 1 aliphatic carbocycles. The second-order valence-electron chi connectivity index (χ2n) is 8.44. The van der Waals surface area contributed by atoms with E-state index >= 15 is 0 Å². The van der Waals surface area contributed by atoms with E-state index in [9.17, 15) is 9.59 Å². The van der Waals surface area contributed by atoms with Crippen LogP contribution in [0.25, 0.3) is 0 Å². The van der Waals surface area contributed by atoms with Gasteiger partial charge in [0.25, 0.3) is 0 Å². The highest BCUT2D eigenvalue weighted by molar-refractivity contribution is 6.30. The van der Waals surface area contributed by atoms with Crippen LogP contribution in [-0.4, -0.2) is 17.9 Å². The minimum absolute atomic E-state index is 0.0509. The molecule has 1 aliphatic heterocycles. The van der Waals surface area contributed by atoms with E-state index in [0.717, 1.165) is 22.5 Å². The van der Waals surface area contributed by atoms with E-state index in [0.29, 0.717) is 29.0 Å². The molecule has 5 heteroatoms. The lowest BCUT2D eigenvalue weighted by Gasteiger charge is -2.37. The van der Waals surface area contributed by atoms with Gasteiger partial charge in [0.05, 0.1) is 11.7 Å². The SMILES string of the molecule is CC1=C(C(=O)OC(C)C)[C@H](c2cccc(Cl)c2)C2=C(C[C@H](c3ccccc3)CC2=O)N1. The number of ketones is 1. The molecule has 0 unspecified atom stereocenters. The van der Waals surface area contributed by atoms with E-state index in [4.69, 9.17) is 16.3 Å². The Morgan fingerprint density at radius 3 is 2.45 bits per heavy atom. The Balaban J connectivity index is 1.81. The van der Waals surface area contributed by atoms with Gasteiger partial charge in [-0.25, -0.2) is 4.79 Å². The maximum absolute atomic E-state index is 13.5. The Kier molecular flexibility index (Phi) is 6.01. The number of hydrogen-bond donors (Lipinski definition) is 1.